The van der Waals surface area contributed by atoms with Crippen LogP contribution in [0.25, 0.3) is 0 Å². The standard InChI is InChI=1S/C16H22N2O/c1-12-8-9-16(19)14(10-12)15(11-17)18(2)13-6-4-3-5-7-13/h8-10,13,15,19H,3-7H2,1-2H3. The molecule has 3 heteroatoms. The van der Waals surface area contributed by atoms with Gasteiger partial charge in [-0.3, -0.25) is 4.90 Å². The lowest BCUT2D eigenvalue weighted by Crippen LogP contribution is -2.36. The van der Waals surface area contributed by atoms with Crippen molar-refractivity contribution < 1.29 is 5.11 Å². The van der Waals surface area contributed by atoms with Gasteiger partial charge < -0.3 is 5.11 Å². The summed E-state index contributed by atoms with van der Waals surface area (Å²) in [5.41, 5.74) is 1.81. The lowest BCUT2D eigenvalue weighted by atomic mass is 9.92. The van der Waals surface area contributed by atoms with Gasteiger partial charge in [0, 0.05) is 11.6 Å². The first kappa shape index (κ1) is 13.9. The van der Waals surface area contributed by atoms with Crippen LogP contribution in [0.5, 0.6) is 5.75 Å². The summed E-state index contributed by atoms with van der Waals surface area (Å²) in [7, 11) is 2.01. The van der Waals surface area contributed by atoms with Gasteiger partial charge in [0.25, 0.3) is 0 Å². The predicted molar refractivity (Wildman–Crippen MR) is 75.8 cm³/mol. The molecular weight excluding hydrogens is 236 g/mol. The zero-order valence-electron chi connectivity index (χ0n) is 11.8. The summed E-state index contributed by atoms with van der Waals surface area (Å²) in [5.74, 6) is 0.222. The third-order valence-corrected chi connectivity index (χ3v) is 4.16. The highest BCUT2D eigenvalue weighted by atomic mass is 16.3. The second-order valence-electron chi connectivity index (χ2n) is 5.55. The highest BCUT2D eigenvalue weighted by Gasteiger charge is 2.27. The van der Waals surface area contributed by atoms with E-state index in [2.05, 4.69) is 11.0 Å². The Labute approximate surface area is 115 Å². The van der Waals surface area contributed by atoms with Crippen LogP contribution >= 0.6 is 0 Å². The van der Waals surface area contributed by atoms with Crippen molar-refractivity contribution in [1.82, 2.24) is 4.90 Å². The van der Waals surface area contributed by atoms with E-state index < -0.39 is 0 Å². The number of aromatic hydroxyl groups is 1. The number of hydrogen-bond acceptors (Lipinski definition) is 3. The van der Waals surface area contributed by atoms with Gasteiger partial charge >= 0.3 is 0 Å². The molecule has 0 bridgehead atoms. The monoisotopic (exact) mass is 258 g/mol. The van der Waals surface area contributed by atoms with Gasteiger partial charge in [0.1, 0.15) is 11.8 Å². The molecule has 1 saturated carbocycles. The Morgan fingerprint density at radius 1 is 1.32 bits per heavy atom. The average molecular weight is 258 g/mol. The van der Waals surface area contributed by atoms with E-state index in [4.69, 9.17) is 0 Å². The molecule has 0 amide bonds. The van der Waals surface area contributed by atoms with Gasteiger partial charge in [-0.05, 0) is 38.9 Å². The van der Waals surface area contributed by atoms with Gasteiger partial charge in [0.15, 0.2) is 0 Å². The zero-order chi connectivity index (χ0) is 13.8. The molecule has 2 rings (SSSR count). The van der Waals surface area contributed by atoms with Gasteiger partial charge in [-0.25, -0.2) is 0 Å². The maximum atomic E-state index is 10.0. The molecule has 0 heterocycles. The van der Waals surface area contributed by atoms with Gasteiger partial charge in [0.2, 0.25) is 0 Å². The second kappa shape index (κ2) is 6.08. The fourth-order valence-electron chi connectivity index (χ4n) is 2.97. The Balaban J connectivity index is 2.23. The van der Waals surface area contributed by atoms with E-state index in [1.54, 1.807) is 6.07 Å². The molecule has 1 fully saturated rings. The Kier molecular flexibility index (Phi) is 4.44. The fraction of sp³-hybridized carbons (Fsp3) is 0.562. The molecule has 1 aliphatic rings. The first-order valence-corrected chi connectivity index (χ1v) is 7.04. The van der Waals surface area contributed by atoms with Crippen LogP contribution in [0.2, 0.25) is 0 Å². The number of rotatable bonds is 3. The van der Waals surface area contributed by atoms with Gasteiger partial charge in [-0.2, -0.15) is 5.26 Å². The van der Waals surface area contributed by atoms with Crippen LogP contribution in [0.3, 0.4) is 0 Å². The summed E-state index contributed by atoms with van der Waals surface area (Å²) < 4.78 is 0. The van der Waals surface area contributed by atoms with Crippen LogP contribution in [0.15, 0.2) is 18.2 Å². The largest absolute Gasteiger partial charge is 0.508 e. The highest BCUT2D eigenvalue weighted by molar-refractivity contribution is 5.40. The first-order valence-electron chi connectivity index (χ1n) is 7.04. The molecule has 0 saturated heterocycles. The van der Waals surface area contributed by atoms with Crippen LogP contribution in [0.4, 0.5) is 0 Å². The summed E-state index contributed by atoms with van der Waals surface area (Å²) in [6.07, 6.45) is 6.10. The number of benzene rings is 1. The van der Waals surface area contributed by atoms with Crippen molar-refractivity contribution in [3.8, 4) is 11.8 Å². The van der Waals surface area contributed by atoms with Crippen molar-refractivity contribution in [2.45, 2.75) is 51.1 Å². The molecule has 0 aliphatic heterocycles. The van der Waals surface area contributed by atoms with Gasteiger partial charge in [-0.15, -0.1) is 0 Å². The summed E-state index contributed by atoms with van der Waals surface area (Å²) in [4.78, 5) is 2.13. The minimum Gasteiger partial charge on any atom is -0.508 e. The summed E-state index contributed by atoms with van der Waals surface area (Å²) in [6.45, 7) is 1.98. The predicted octanol–water partition coefficient (Wildman–Crippen LogP) is 3.53. The topological polar surface area (TPSA) is 47.3 Å². The smallest absolute Gasteiger partial charge is 0.127 e. The Morgan fingerprint density at radius 3 is 2.63 bits per heavy atom. The molecule has 0 spiro atoms. The van der Waals surface area contributed by atoms with Crippen LogP contribution < -0.4 is 0 Å². The van der Waals surface area contributed by atoms with Gasteiger partial charge in [0.05, 0.1) is 6.07 Å². The number of nitrogens with zero attached hydrogens (tertiary/aromatic N) is 2. The minimum atomic E-state index is -0.358. The maximum absolute atomic E-state index is 10.0. The molecule has 0 aromatic heterocycles. The van der Waals surface area contributed by atoms with E-state index >= 15 is 0 Å². The summed E-state index contributed by atoms with van der Waals surface area (Å²) >= 11 is 0. The van der Waals surface area contributed by atoms with E-state index in [0.717, 1.165) is 24.0 Å². The van der Waals surface area contributed by atoms with Gasteiger partial charge in [-0.1, -0.05) is 30.9 Å². The summed E-state index contributed by atoms with van der Waals surface area (Å²) in [6, 6.07) is 7.92. The Hall–Kier alpha value is -1.53. The van der Waals surface area contributed by atoms with E-state index in [-0.39, 0.29) is 11.8 Å². The van der Waals surface area contributed by atoms with Crippen LogP contribution in [-0.4, -0.2) is 23.1 Å². The number of nitriles is 1. The Morgan fingerprint density at radius 2 is 2.00 bits per heavy atom. The molecular formula is C16H22N2O. The molecule has 1 aromatic carbocycles. The molecule has 1 atom stereocenters. The summed E-state index contributed by atoms with van der Waals surface area (Å²) in [5, 5.41) is 19.5. The second-order valence-corrected chi connectivity index (χ2v) is 5.55. The molecule has 1 aliphatic carbocycles. The number of aryl methyl sites for hydroxylation is 1. The maximum Gasteiger partial charge on any atom is 0.127 e. The van der Waals surface area contributed by atoms with Crippen molar-refractivity contribution in [3.05, 3.63) is 29.3 Å². The number of phenols is 1. The van der Waals surface area contributed by atoms with Crippen LogP contribution in [0, 0.1) is 18.3 Å². The third kappa shape index (κ3) is 3.08. The molecule has 19 heavy (non-hydrogen) atoms. The van der Waals surface area contributed by atoms with E-state index in [9.17, 15) is 10.4 Å². The van der Waals surface area contributed by atoms with Crippen molar-refractivity contribution >= 4 is 0 Å². The lowest BCUT2D eigenvalue weighted by molar-refractivity contribution is 0.162. The van der Waals surface area contributed by atoms with Crippen molar-refractivity contribution in [1.29, 1.82) is 5.26 Å². The highest BCUT2D eigenvalue weighted by Crippen LogP contribution is 2.33. The van der Waals surface area contributed by atoms with E-state index in [1.807, 2.05) is 26.1 Å². The van der Waals surface area contributed by atoms with E-state index in [1.165, 1.54) is 19.3 Å². The Bertz CT molecular complexity index is 472. The SMILES string of the molecule is Cc1ccc(O)c(C(C#N)N(C)C2CCCCC2)c1. The average Bonchev–Trinajstić information content (AvgIpc) is 2.44. The van der Waals surface area contributed by atoms with Crippen LogP contribution in [0.1, 0.15) is 49.3 Å². The van der Waals surface area contributed by atoms with Crippen LogP contribution in [-0.2, 0) is 0 Å². The van der Waals surface area contributed by atoms with E-state index in [0.29, 0.717) is 6.04 Å². The molecule has 3 nitrogen and oxygen atoms in total. The quantitative estimate of drug-likeness (QED) is 0.902. The molecule has 0 radical (unpaired) electrons. The third-order valence-electron chi connectivity index (χ3n) is 4.16. The van der Waals surface area contributed by atoms with Crippen molar-refractivity contribution in [2.24, 2.45) is 0 Å². The lowest BCUT2D eigenvalue weighted by Gasteiger charge is -2.34. The molecule has 1 unspecified atom stereocenters. The molecule has 102 valence electrons. The normalized spacial score (nSPS) is 18.2. The first-order chi connectivity index (χ1) is 9.13. The number of hydrogen-bond donors (Lipinski definition) is 1. The minimum absolute atomic E-state index is 0.222. The zero-order valence-corrected chi connectivity index (χ0v) is 11.8. The number of phenolic OH excluding ortho intramolecular Hbond substituents is 1. The van der Waals surface area contributed by atoms with Crippen molar-refractivity contribution in [2.75, 3.05) is 7.05 Å². The molecule has 1 N–H and O–H groups in total. The van der Waals surface area contributed by atoms with Crippen molar-refractivity contribution in [3.63, 3.8) is 0 Å². The fourth-order valence-corrected chi connectivity index (χ4v) is 2.97. The molecule has 1 aromatic rings.